The van der Waals surface area contributed by atoms with Crippen molar-refractivity contribution in [2.75, 3.05) is 0 Å². The Labute approximate surface area is 75.7 Å². The molecule has 0 radical (unpaired) electrons. The van der Waals surface area contributed by atoms with Crippen LogP contribution in [0.25, 0.3) is 0 Å². The van der Waals surface area contributed by atoms with Gasteiger partial charge in [0.25, 0.3) is 0 Å². The first-order valence-electron chi connectivity index (χ1n) is 3.39. The molecule has 1 nitrogen and oxygen atoms in total. The molecule has 0 amide bonds. The van der Waals surface area contributed by atoms with Crippen LogP contribution in [0.5, 0.6) is 0 Å². The van der Waals surface area contributed by atoms with E-state index in [9.17, 15) is 5.11 Å². The van der Waals surface area contributed by atoms with Gasteiger partial charge < -0.3 is 5.11 Å². The molecule has 1 atom stereocenters. The number of rotatable bonds is 2. The minimum Gasteiger partial charge on any atom is -0.876 e. The van der Waals surface area contributed by atoms with E-state index >= 15 is 0 Å². The van der Waals surface area contributed by atoms with E-state index in [1.807, 2.05) is 0 Å². The first-order valence-corrected chi connectivity index (χ1v) is 3.39. The molecule has 10 heavy (non-hydrogen) atoms. The standard InChI is InChI=1S/C8H16O.Li/c1-6(2)7(3)5-8(4)9;/h5-7,9H,1-4H3;/q;+1/p-1/b8-5-;. The maximum absolute atomic E-state index is 10.5. The van der Waals surface area contributed by atoms with Crippen molar-refractivity contribution in [1.82, 2.24) is 0 Å². The summed E-state index contributed by atoms with van der Waals surface area (Å²) in [6.07, 6.45) is 1.77. The number of hydrogen-bond acceptors (Lipinski definition) is 1. The average molecular weight is 134 g/mol. The molecule has 0 saturated heterocycles. The molecule has 0 spiro atoms. The van der Waals surface area contributed by atoms with E-state index in [0.29, 0.717) is 11.8 Å². The smallest absolute Gasteiger partial charge is 0.876 e. The van der Waals surface area contributed by atoms with Gasteiger partial charge in [0.05, 0.1) is 0 Å². The molecule has 54 valence electrons. The maximum Gasteiger partial charge on any atom is 1.00 e. The Morgan fingerprint density at radius 2 is 1.70 bits per heavy atom. The summed E-state index contributed by atoms with van der Waals surface area (Å²) in [7, 11) is 0. The van der Waals surface area contributed by atoms with Crippen LogP contribution in [0.2, 0.25) is 0 Å². The van der Waals surface area contributed by atoms with Gasteiger partial charge in [0.1, 0.15) is 0 Å². The molecule has 0 aromatic carbocycles. The third-order valence-electron chi connectivity index (χ3n) is 1.55. The normalized spacial score (nSPS) is 14.7. The van der Waals surface area contributed by atoms with Gasteiger partial charge in [-0.15, -0.1) is 5.76 Å². The van der Waals surface area contributed by atoms with Crippen molar-refractivity contribution in [2.24, 2.45) is 11.8 Å². The quantitative estimate of drug-likeness (QED) is 0.334. The molecular formula is C8H15LiO. The van der Waals surface area contributed by atoms with E-state index in [2.05, 4.69) is 20.8 Å². The Balaban J connectivity index is 0. The van der Waals surface area contributed by atoms with E-state index in [4.69, 9.17) is 0 Å². The van der Waals surface area contributed by atoms with E-state index in [-0.39, 0.29) is 24.6 Å². The molecule has 0 aliphatic rings. The number of allylic oxidation sites excluding steroid dienone is 2. The number of hydrogen-bond donors (Lipinski definition) is 0. The second kappa shape index (κ2) is 5.89. The predicted octanol–water partition coefficient (Wildman–Crippen LogP) is -1.45. The molecule has 0 aliphatic carbocycles. The van der Waals surface area contributed by atoms with Crippen LogP contribution in [-0.4, -0.2) is 0 Å². The van der Waals surface area contributed by atoms with Crippen LogP contribution < -0.4 is 24.0 Å². The zero-order valence-corrected chi connectivity index (χ0v) is 7.64. The third kappa shape index (κ3) is 6.26. The fourth-order valence-corrected chi connectivity index (χ4v) is 0.563. The third-order valence-corrected chi connectivity index (χ3v) is 1.55. The molecule has 0 rings (SSSR count). The van der Waals surface area contributed by atoms with Gasteiger partial charge in [-0.05, 0) is 11.8 Å². The van der Waals surface area contributed by atoms with Gasteiger partial charge in [0.2, 0.25) is 0 Å². The Morgan fingerprint density at radius 3 is 1.80 bits per heavy atom. The Hall–Kier alpha value is 0.137. The topological polar surface area (TPSA) is 23.1 Å². The first kappa shape index (κ1) is 12.8. The van der Waals surface area contributed by atoms with Gasteiger partial charge in [0, 0.05) is 0 Å². The van der Waals surface area contributed by atoms with Crippen molar-refractivity contribution in [3.63, 3.8) is 0 Å². The molecule has 2 heteroatoms. The molecule has 1 unspecified atom stereocenters. The van der Waals surface area contributed by atoms with E-state index in [0.717, 1.165) is 0 Å². The van der Waals surface area contributed by atoms with E-state index in [1.165, 1.54) is 0 Å². The second-order valence-electron chi connectivity index (χ2n) is 2.88. The van der Waals surface area contributed by atoms with Crippen LogP contribution in [0, 0.1) is 11.8 Å². The molecule has 0 aliphatic heterocycles. The summed E-state index contributed by atoms with van der Waals surface area (Å²) in [5.74, 6) is 1.17. The molecule has 0 fully saturated rings. The summed E-state index contributed by atoms with van der Waals surface area (Å²) < 4.78 is 0. The van der Waals surface area contributed by atoms with E-state index in [1.54, 1.807) is 13.0 Å². The van der Waals surface area contributed by atoms with Crippen LogP contribution in [0.3, 0.4) is 0 Å². The van der Waals surface area contributed by atoms with Crippen molar-refractivity contribution in [3.05, 3.63) is 11.8 Å². The molecule has 0 N–H and O–H groups in total. The molecule has 0 saturated carbocycles. The second-order valence-corrected chi connectivity index (χ2v) is 2.88. The summed E-state index contributed by atoms with van der Waals surface area (Å²) >= 11 is 0. The molecule has 0 bridgehead atoms. The first-order chi connectivity index (χ1) is 4.04. The maximum atomic E-state index is 10.5. The molecule has 0 aromatic heterocycles. The summed E-state index contributed by atoms with van der Waals surface area (Å²) in [6, 6.07) is 0. The van der Waals surface area contributed by atoms with Gasteiger partial charge in [0.15, 0.2) is 0 Å². The van der Waals surface area contributed by atoms with E-state index < -0.39 is 0 Å². The monoisotopic (exact) mass is 134 g/mol. The van der Waals surface area contributed by atoms with Crippen LogP contribution in [-0.2, 0) is 0 Å². The zero-order valence-electron chi connectivity index (χ0n) is 7.64. The minimum absolute atomic E-state index is 0. The average Bonchev–Trinajstić information content (AvgIpc) is 1.63. The van der Waals surface area contributed by atoms with Gasteiger partial charge in [-0.25, -0.2) is 0 Å². The van der Waals surface area contributed by atoms with Crippen molar-refractivity contribution in [1.29, 1.82) is 0 Å². The summed E-state index contributed by atoms with van der Waals surface area (Å²) in [5, 5.41) is 10.5. The van der Waals surface area contributed by atoms with Crippen molar-refractivity contribution in [2.45, 2.75) is 27.7 Å². The summed E-state index contributed by atoms with van der Waals surface area (Å²) in [4.78, 5) is 0. The van der Waals surface area contributed by atoms with Crippen molar-refractivity contribution < 1.29 is 24.0 Å². The largest absolute Gasteiger partial charge is 1.00 e. The Morgan fingerprint density at radius 1 is 1.30 bits per heavy atom. The fourth-order valence-electron chi connectivity index (χ4n) is 0.563. The van der Waals surface area contributed by atoms with Gasteiger partial charge in [-0.1, -0.05) is 33.8 Å². The van der Waals surface area contributed by atoms with Gasteiger partial charge in [-0.2, -0.15) is 0 Å². The fraction of sp³-hybridized carbons (Fsp3) is 0.750. The molecule has 0 aromatic rings. The van der Waals surface area contributed by atoms with Gasteiger partial charge >= 0.3 is 18.9 Å². The SMILES string of the molecule is C/C([O-])=C/C(C)C(C)C.[Li+]. The molecular weight excluding hydrogens is 119 g/mol. The van der Waals surface area contributed by atoms with Crippen LogP contribution in [0.15, 0.2) is 11.8 Å². The van der Waals surface area contributed by atoms with Crippen molar-refractivity contribution >= 4 is 0 Å². The summed E-state index contributed by atoms with van der Waals surface area (Å²) in [6.45, 7) is 7.89. The molecule has 0 heterocycles. The zero-order chi connectivity index (χ0) is 7.44. The Kier molecular flexibility index (Phi) is 7.53. The van der Waals surface area contributed by atoms with Crippen LogP contribution in [0.4, 0.5) is 0 Å². The van der Waals surface area contributed by atoms with Crippen LogP contribution in [0.1, 0.15) is 27.7 Å². The van der Waals surface area contributed by atoms with Crippen molar-refractivity contribution in [3.8, 4) is 0 Å². The minimum atomic E-state index is 0. The Bertz CT molecular complexity index is 104. The predicted molar refractivity (Wildman–Crippen MR) is 37.8 cm³/mol. The van der Waals surface area contributed by atoms with Crippen LogP contribution >= 0.6 is 0 Å². The van der Waals surface area contributed by atoms with Gasteiger partial charge in [-0.3, -0.25) is 0 Å². The summed E-state index contributed by atoms with van der Waals surface area (Å²) in [5.41, 5.74) is 0.